The standard InChI is InChI=1S/C15H24N2OS/c1-9(2)13(18)17-14-16-11-8-10(15(3,4)5)6-7-12(11)19-14/h9-10H,6-8H2,1-5H3,(H,16,17,18)/t10-/m1/s1. The normalized spacial score (nSPS) is 19.4. The molecule has 0 spiro atoms. The number of carbonyl (C=O) groups is 1. The van der Waals surface area contributed by atoms with E-state index in [0.29, 0.717) is 11.3 Å². The minimum atomic E-state index is 0.00301. The SMILES string of the molecule is CC(C)C(=O)Nc1nc2c(s1)CC[C@@H](C(C)(C)C)C2. The molecule has 0 radical (unpaired) electrons. The van der Waals surface area contributed by atoms with Crippen LogP contribution in [0, 0.1) is 17.3 Å². The van der Waals surface area contributed by atoms with Gasteiger partial charge in [0.25, 0.3) is 0 Å². The molecule has 1 N–H and O–H groups in total. The summed E-state index contributed by atoms with van der Waals surface area (Å²) in [5, 5.41) is 3.70. The third-order valence-corrected chi connectivity index (χ3v) is 4.99. The number of carbonyl (C=O) groups excluding carboxylic acids is 1. The maximum Gasteiger partial charge on any atom is 0.228 e. The fourth-order valence-corrected chi connectivity index (χ4v) is 3.43. The number of thiazole rings is 1. The number of nitrogens with one attached hydrogen (secondary N) is 1. The molecule has 0 fully saturated rings. The molecule has 2 rings (SSSR count). The minimum absolute atomic E-state index is 0.00301. The van der Waals surface area contributed by atoms with Crippen LogP contribution in [0.3, 0.4) is 0 Å². The van der Waals surface area contributed by atoms with Crippen molar-refractivity contribution < 1.29 is 4.79 Å². The van der Waals surface area contributed by atoms with Gasteiger partial charge in [0.2, 0.25) is 5.91 Å². The first-order chi connectivity index (χ1) is 8.77. The molecular weight excluding hydrogens is 256 g/mol. The summed E-state index contributed by atoms with van der Waals surface area (Å²) < 4.78 is 0. The summed E-state index contributed by atoms with van der Waals surface area (Å²) in [4.78, 5) is 17.7. The van der Waals surface area contributed by atoms with Crippen LogP contribution in [0.5, 0.6) is 0 Å². The predicted molar refractivity (Wildman–Crippen MR) is 80.6 cm³/mol. The third-order valence-electron chi connectivity index (χ3n) is 3.92. The van der Waals surface area contributed by atoms with Crippen molar-refractivity contribution in [3.05, 3.63) is 10.6 Å². The number of anilines is 1. The van der Waals surface area contributed by atoms with Gasteiger partial charge < -0.3 is 5.32 Å². The van der Waals surface area contributed by atoms with E-state index in [1.54, 1.807) is 11.3 Å². The van der Waals surface area contributed by atoms with Gasteiger partial charge in [-0.15, -0.1) is 11.3 Å². The van der Waals surface area contributed by atoms with Crippen molar-refractivity contribution in [2.24, 2.45) is 17.3 Å². The Hall–Kier alpha value is -0.900. The van der Waals surface area contributed by atoms with E-state index in [9.17, 15) is 4.79 Å². The topological polar surface area (TPSA) is 42.0 Å². The third kappa shape index (κ3) is 3.35. The van der Waals surface area contributed by atoms with Crippen molar-refractivity contribution in [2.45, 2.75) is 53.9 Å². The number of rotatable bonds is 2. The highest BCUT2D eigenvalue weighted by Gasteiger charge is 2.30. The second kappa shape index (κ2) is 5.23. The summed E-state index contributed by atoms with van der Waals surface area (Å²) in [6.07, 6.45) is 3.38. The summed E-state index contributed by atoms with van der Waals surface area (Å²) in [7, 11) is 0. The molecule has 0 aromatic carbocycles. The molecule has 0 saturated carbocycles. The van der Waals surface area contributed by atoms with Gasteiger partial charge in [-0.3, -0.25) is 4.79 Å². The van der Waals surface area contributed by atoms with Gasteiger partial charge in [0.05, 0.1) is 5.69 Å². The fraction of sp³-hybridized carbons (Fsp3) is 0.733. The molecule has 1 heterocycles. The van der Waals surface area contributed by atoms with Crippen molar-refractivity contribution >= 4 is 22.4 Å². The van der Waals surface area contributed by atoms with Crippen LogP contribution in [0.25, 0.3) is 0 Å². The Morgan fingerprint density at radius 3 is 2.68 bits per heavy atom. The van der Waals surface area contributed by atoms with Crippen molar-refractivity contribution in [1.29, 1.82) is 0 Å². The number of nitrogens with zero attached hydrogens (tertiary/aromatic N) is 1. The van der Waals surface area contributed by atoms with Gasteiger partial charge in [-0.05, 0) is 30.6 Å². The Morgan fingerprint density at radius 1 is 1.42 bits per heavy atom. The predicted octanol–water partition coefficient (Wildman–Crippen LogP) is 3.89. The maximum absolute atomic E-state index is 11.7. The van der Waals surface area contributed by atoms with Crippen LogP contribution in [-0.4, -0.2) is 10.9 Å². The van der Waals surface area contributed by atoms with E-state index in [-0.39, 0.29) is 11.8 Å². The summed E-state index contributed by atoms with van der Waals surface area (Å²) in [6, 6.07) is 0. The molecule has 0 aliphatic heterocycles. The second-order valence-electron chi connectivity index (χ2n) is 6.84. The molecule has 1 atom stereocenters. The van der Waals surface area contributed by atoms with Gasteiger partial charge >= 0.3 is 0 Å². The van der Waals surface area contributed by atoms with E-state index in [2.05, 4.69) is 31.1 Å². The molecule has 0 unspecified atom stereocenters. The average molecular weight is 280 g/mol. The number of fused-ring (bicyclic) bond motifs is 1. The number of hydrogen-bond donors (Lipinski definition) is 1. The quantitative estimate of drug-likeness (QED) is 0.893. The lowest BCUT2D eigenvalue weighted by molar-refractivity contribution is -0.118. The maximum atomic E-state index is 11.7. The lowest BCUT2D eigenvalue weighted by atomic mass is 9.73. The first-order valence-electron chi connectivity index (χ1n) is 7.07. The van der Waals surface area contributed by atoms with E-state index in [1.807, 2.05) is 13.8 Å². The van der Waals surface area contributed by atoms with Gasteiger partial charge in [-0.2, -0.15) is 0 Å². The van der Waals surface area contributed by atoms with E-state index >= 15 is 0 Å². The zero-order valence-corrected chi connectivity index (χ0v) is 13.4. The molecule has 3 nitrogen and oxygen atoms in total. The Balaban J connectivity index is 2.10. The highest BCUT2D eigenvalue weighted by Crippen LogP contribution is 2.39. The van der Waals surface area contributed by atoms with Gasteiger partial charge in [0.15, 0.2) is 5.13 Å². The largest absolute Gasteiger partial charge is 0.302 e. The lowest BCUT2D eigenvalue weighted by Gasteiger charge is -2.33. The van der Waals surface area contributed by atoms with Crippen LogP contribution in [0.15, 0.2) is 0 Å². The number of aryl methyl sites for hydroxylation is 1. The number of amides is 1. The number of aromatic nitrogens is 1. The molecule has 1 amide bonds. The van der Waals surface area contributed by atoms with E-state index in [0.717, 1.165) is 18.0 Å². The zero-order valence-electron chi connectivity index (χ0n) is 12.5. The number of hydrogen-bond acceptors (Lipinski definition) is 3. The van der Waals surface area contributed by atoms with E-state index < -0.39 is 0 Å². The van der Waals surface area contributed by atoms with Crippen molar-refractivity contribution in [3.8, 4) is 0 Å². The molecule has 1 aliphatic rings. The van der Waals surface area contributed by atoms with E-state index in [4.69, 9.17) is 0 Å². The Morgan fingerprint density at radius 2 is 2.11 bits per heavy atom. The summed E-state index contributed by atoms with van der Waals surface area (Å²) in [5.74, 6) is 0.748. The van der Waals surface area contributed by atoms with Crippen LogP contribution in [-0.2, 0) is 17.6 Å². The Bertz CT molecular complexity index is 471. The van der Waals surface area contributed by atoms with Gasteiger partial charge in [0.1, 0.15) is 0 Å². The molecule has 1 aromatic heterocycles. The van der Waals surface area contributed by atoms with Crippen LogP contribution >= 0.6 is 11.3 Å². The lowest BCUT2D eigenvalue weighted by Crippen LogP contribution is -2.26. The first-order valence-corrected chi connectivity index (χ1v) is 7.88. The van der Waals surface area contributed by atoms with E-state index in [1.165, 1.54) is 17.0 Å². The molecule has 106 valence electrons. The summed E-state index contributed by atoms with van der Waals surface area (Å²) >= 11 is 1.65. The second-order valence-corrected chi connectivity index (χ2v) is 7.92. The van der Waals surface area contributed by atoms with Crippen LogP contribution < -0.4 is 5.32 Å². The summed E-state index contributed by atoms with van der Waals surface area (Å²) in [5.41, 5.74) is 1.54. The average Bonchev–Trinajstić information content (AvgIpc) is 2.68. The first kappa shape index (κ1) is 14.5. The van der Waals surface area contributed by atoms with Gasteiger partial charge in [-0.1, -0.05) is 34.6 Å². The molecule has 1 aliphatic carbocycles. The fourth-order valence-electron chi connectivity index (χ4n) is 2.42. The van der Waals surface area contributed by atoms with Crippen LogP contribution in [0.2, 0.25) is 0 Å². The molecule has 0 bridgehead atoms. The molecule has 4 heteroatoms. The highest BCUT2D eigenvalue weighted by atomic mass is 32.1. The van der Waals surface area contributed by atoms with Crippen molar-refractivity contribution in [3.63, 3.8) is 0 Å². The van der Waals surface area contributed by atoms with Gasteiger partial charge in [0, 0.05) is 10.8 Å². The Kier molecular flexibility index (Phi) is 4.00. The molecular formula is C15H24N2OS. The van der Waals surface area contributed by atoms with Crippen LogP contribution in [0.1, 0.15) is 51.6 Å². The Labute approximate surface area is 119 Å². The van der Waals surface area contributed by atoms with Crippen molar-refractivity contribution in [2.75, 3.05) is 5.32 Å². The van der Waals surface area contributed by atoms with Crippen molar-refractivity contribution in [1.82, 2.24) is 4.98 Å². The monoisotopic (exact) mass is 280 g/mol. The molecule has 19 heavy (non-hydrogen) atoms. The molecule has 0 saturated heterocycles. The summed E-state index contributed by atoms with van der Waals surface area (Å²) in [6.45, 7) is 10.7. The zero-order chi connectivity index (χ0) is 14.2. The van der Waals surface area contributed by atoms with Gasteiger partial charge in [-0.25, -0.2) is 4.98 Å². The minimum Gasteiger partial charge on any atom is -0.302 e. The smallest absolute Gasteiger partial charge is 0.228 e. The molecule has 1 aromatic rings. The highest BCUT2D eigenvalue weighted by molar-refractivity contribution is 7.15. The van der Waals surface area contributed by atoms with Crippen LogP contribution in [0.4, 0.5) is 5.13 Å².